The lowest BCUT2D eigenvalue weighted by Crippen LogP contribution is -2.01. The minimum absolute atomic E-state index is 0.458. The Labute approximate surface area is 122 Å². The van der Waals surface area contributed by atoms with Gasteiger partial charge >= 0.3 is 0 Å². The van der Waals surface area contributed by atoms with Crippen molar-refractivity contribution in [3.05, 3.63) is 35.2 Å². The lowest BCUT2D eigenvalue weighted by Gasteiger charge is -2.12. The van der Waals surface area contributed by atoms with Crippen molar-refractivity contribution in [3.63, 3.8) is 0 Å². The Morgan fingerprint density at radius 1 is 1.10 bits per heavy atom. The van der Waals surface area contributed by atoms with Crippen LogP contribution in [0, 0.1) is 0 Å². The quantitative estimate of drug-likeness (QED) is 0.856. The number of ether oxygens (including phenoxy) is 2. The second-order valence-electron chi connectivity index (χ2n) is 4.07. The first-order chi connectivity index (χ1) is 9.67. The number of hydrogen-bond donors (Lipinski definition) is 1. The van der Waals surface area contributed by atoms with E-state index in [1.54, 1.807) is 20.3 Å². The van der Waals surface area contributed by atoms with Gasteiger partial charge in [0.15, 0.2) is 0 Å². The van der Waals surface area contributed by atoms with Crippen LogP contribution in [0.1, 0.15) is 12.5 Å². The summed E-state index contributed by atoms with van der Waals surface area (Å²) in [5, 5.41) is 3.68. The maximum atomic E-state index is 6.07. The fourth-order valence-corrected chi connectivity index (χ4v) is 2.09. The molecule has 0 spiro atoms. The third-order valence-electron chi connectivity index (χ3n) is 2.86. The molecular formula is C14H16ClN3O2. The van der Waals surface area contributed by atoms with Crippen LogP contribution in [0.25, 0.3) is 0 Å². The van der Waals surface area contributed by atoms with E-state index < -0.39 is 0 Å². The third-order valence-corrected chi connectivity index (χ3v) is 3.19. The molecule has 0 radical (unpaired) electrons. The van der Waals surface area contributed by atoms with Gasteiger partial charge in [0.1, 0.15) is 28.8 Å². The van der Waals surface area contributed by atoms with E-state index in [0.717, 1.165) is 17.7 Å². The first-order valence-electron chi connectivity index (χ1n) is 6.17. The molecule has 0 aliphatic heterocycles. The Hall–Kier alpha value is -2.01. The number of rotatable bonds is 5. The Balaban J connectivity index is 2.37. The monoisotopic (exact) mass is 293 g/mol. The van der Waals surface area contributed by atoms with Gasteiger partial charge in [-0.3, -0.25) is 0 Å². The molecule has 20 heavy (non-hydrogen) atoms. The van der Waals surface area contributed by atoms with Gasteiger partial charge in [-0.25, -0.2) is 9.97 Å². The smallest absolute Gasteiger partial charge is 0.138 e. The number of nitrogens with one attached hydrogen (secondary N) is 1. The number of anilines is 2. The van der Waals surface area contributed by atoms with Crippen LogP contribution in [0.4, 0.5) is 11.5 Å². The number of methoxy groups -OCH3 is 2. The molecule has 106 valence electrons. The summed E-state index contributed by atoms with van der Waals surface area (Å²) in [5.41, 5.74) is 1.68. The number of aromatic nitrogens is 2. The lowest BCUT2D eigenvalue weighted by molar-refractivity contribution is 0.395. The van der Waals surface area contributed by atoms with E-state index >= 15 is 0 Å². The first-order valence-corrected chi connectivity index (χ1v) is 6.55. The Bertz CT molecular complexity index is 583. The molecule has 0 saturated heterocycles. The molecule has 1 aromatic carbocycles. The number of halogens is 1. The normalized spacial score (nSPS) is 10.2. The van der Waals surface area contributed by atoms with Gasteiger partial charge < -0.3 is 14.8 Å². The van der Waals surface area contributed by atoms with Crippen molar-refractivity contribution < 1.29 is 9.47 Å². The maximum Gasteiger partial charge on any atom is 0.138 e. The zero-order valence-corrected chi connectivity index (χ0v) is 12.4. The number of nitrogens with zero attached hydrogens (tertiary/aromatic N) is 2. The summed E-state index contributed by atoms with van der Waals surface area (Å²) < 4.78 is 10.5. The van der Waals surface area contributed by atoms with E-state index in [4.69, 9.17) is 21.1 Å². The SMILES string of the molecule is CCc1c(Cl)ncnc1Nc1cc(OC)cc(OC)c1. The molecule has 0 aliphatic rings. The summed E-state index contributed by atoms with van der Waals surface area (Å²) in [6, 6.07) is 5.52. The molecule has 0 bridgehead atoms. The van der Waals surface area contributed by atoms with Crippen LogP contribution in [-0.4, -0.2) is 24.2 Å². The summed E-state index contributed by atoms with van der Waals surface area (Å²) in [6.07, 6.45) is 2.17. The van der Waals surface area contributed by atoms with E-state index in [0.29, 0.717) is 22.5 Å². The van der Waals surface area contributed by atoms with Crippen molar-refractivity contribution in [1.29, 1.82) is 0 Å². The van der Waals surface area contributed by atoms with Crippen molar-refractivity contribution >= 4 is 23.1 Å². The maximum absolute atomic E-state index is 6.07. The van der Waals surface area contributed by atoms with Gasteiger partial charge in [0.2, 0.25) is 0 Å². The Morgan fingerprint density at radius 2 is 1.75 bits per heavy atom. The molecular weight excluding hydrogens is 278 g/mol. The van der Waals surface area contributed by atoms with Crippen LogP contribution < -0.4 is 14.8 Å². The van der Waals surface area contributed by atoms with Gasteiger partial charge in [-0.2, -0.15) is 0 Å². The summed E-state index contributed by atoms with van der Waals surface area (Å²) in [6.45, 7) is 2.00. The average molecular weight is 294 g/mol. The zero-order valence-electron chi connectivity index (χ0n) is 11.6. The first kappa shape index (κ1) is 14.4. The van der Waals surface area contributed by atoms with E-state index in [-0.39, 0.29) is 0 Å². The van der Waals surface area contributed by atoms with Gasteiger partial charge in [0, 0.05) is 29.4 Å². The number of benzene rings is 1. The third kappa shape index (κ3) is 3.11. The van der Waals surface area contributed by atoms with Crippen LogP contribution >= 0.6 is 11.6 Å². The highest BCUT2D eigenvalue weighted by Crippen LogP contribution is 2.29. The van der Waals surface area contributed by atoms with Crippen LogP contribution in [0.15, 0.2) is 24.5 Å². The molecule has 1 aromatic heterocycles. The summed E-state index contributed by atoms with van der Waals surface area (Å²) >= 11 is 6.07. The summed E-state index contributed by atoms with van der Waals surface area (Å²) in [7, 11) is 3.22. The highest BCUT2D eigenvalue weighted by Gasteiger charge is 2.09. The van der Waals surface area contributed by atoms with E-state index in [2.05, 4.69) is 15.3 Å². The van der Waals surface area contributed by atoms with Crippen LogP contribution in [0.3, 0.4) is 0 Å². The lowest BCUT2D eigenvalue weighted by atomic mass is 10.2. The minimum Gasteiger partial charge on any atom is -0.497 e. The second kappa shape index (κ2) is 6.43. The van der Waals surface area contributed by atoms with Crippen molar-refractivity contribution in [3.8, 4) is 11.5 Å². The molecule has 0 aliphatic carbocycles. The highest BCUT2D eigenvalue weighted by molar-refractivity contribution is 6.30. The molecule has 6 heteroatoms. The predicted octanol–water partition coefficient (Wildman–Crippen LogP) is 3.45. The number of hydrogen-bond acceptors (Lipinski definition) is 5. The van der Waals surface area contributed by atoms with E-state index in [1.807, 2.05) is 19.1 Å². The van der Waals surface area contributed by atoms with Gasteiger partial charge in [-0.05, 0) is 6.42 Å². The summed E-state index contributed by atoms with van der Waals surface area (Å²) in [4.78, 5) is 8.21. The molecule has 5 nitrogen and oxygen atoms in total. The predicted molar refractivity (Wildman–Crippen MR) is 79.2 cm³/mol. The molecule has 0 amide bonds. The molecule has 0 saturated carbocycles. The van der Waals surface area contributed by atoms with Gasteiger partial charge in [0.05, 0.1) is 14.2 Å². The minimum atomic E-state index is 0.458. The molecule has 1 heterocycles. The highest BCUT2D eigenvalue weighted by atomic mass is 35.5. The van der Waals surface area contributed by atoms with E-state index in [9.17, 15) is 0 Å². The van der Waals surface area contributed by atoms with Gasteiger partial charge in [-0.1, -0.05) is 18.5 Å². The Morgan fingerprint density at radius 3 is 2.30 bits per heavy atom. The van der Waals surface area contributed by atoms with Crippen molar-refractivity contribution in [1.82, 2.24) is 9.97 Å². The van der Waals surface area contributed by atoms with Crippen molar-refractivity contribution in [2.24, 2.45) is 0 Å². The van der Waals surface area contributed by atoms with Crippen LogP contribution in [0.2, 0.25) is 5.15 Å². The fourth-order valence-electron chi connectivity index (χ4n) is 1.83. The molecule has 1 N–H and O–H groups in total. The average Bonchev–Trinajstić information content (AvgIpc) is 2.47. The van der Waals surface area contributed by atoms with E-state index in [1.165, 1.54) is 6.33 Å². The van der Waals surface area contributed by atoms with Crippen LogP contribution in [0.5, 0.6) is 11.5 Å². The van der Waals surface area contributed by atoms with Gasteiger partial charge in [0.25, 0.3) is 0 Å². The standard InChI is InChI=1S/C14H16ClN3O2/c1-4-12-13(15)16-8-17-14(12)18-9-5-10(19-2)7-11(6-9)20-3/h5-8H,4H2,1-3H3,(H,16,17,18). The Kier molecular flexibility index (Phi) is 4.63. The summed E-state index contributed by atoms with van der Waals surface area (Å²) in [5.74, 6) is 2.08. The molecule has 2 aromatic rings. The van der Waals surface area contributed by atoms with Crippen molar-refractivity contribution in [2.75, 3.05) is 19.5 Å². The molecule has 0 unspecified atom stereocenters. The molecule has 0 atom stereocenters. The van der Waals surface area contributed by atoms with Crippen molar-refractivity contribution in [2.45, 2.75) is 13.3 Å². The van der Waals surface area contributed by atoms with Crippen LogP contribution in [-0.2, 0) is 6.42 Å². The molecule has 0 fully saturated rings. The zero-order chi connectivity index (χ0) is 14.5. The second-order valence-corrected chi connectivity index (χ2v) is 4.43. The molecule has 2 rings (SSSR count). The van der Waals surface area contributed by atoms with Gasteiger partial charge in [-0.15, -0.1) is 0 Å². The topological polar surface area (TPSA) is 56.3 Å². The fraction of sp³-hybridized carbons (Fsp3) is 0.286. The largest absolute Gasteiger partial charge is 0.497 e.